The SMILES string of the molecule is CCNC.Cc1ccc(OCCc2nc(-c3cc(C(C)(C)C)c(O)c(C(C)(C)C)c3)oc2C)cc1.Cl.O. The summed E-state index contributed by atoms with van der Waals surface area (Å²) in [6, 6.07) is 12.0. The van der Waals surface area contributed by atoms with Gasteiger partial charge >= 0.3 is 0 Å². The van der Waals surface area contributed by atoms with Crippen molar-refractivity contribution < 1.29 is 19.7 Å². The molecule has 0 spiro atoms. The molecule has 0 saturated heterocycles. The number of phenolic OH excluding ortho intramolecular Hbond substituents is 1. The molecule has 0 unspecified atom stereocenters. The van der Waals surface area contributed by atoms with Crippen LogP contribution in [0.1, 0.15) is 76.6 Å². The molecule has 0 amide bonds. The van der Waals surface area contributed by atoms with Gasteiger partial charge in [-0.15, -0.1) is 12.4 Å². The highest BCUT2D eigenvalue weighted by Crippen LogP contribution is 2.42. The Labute approximate surface area is 229 Å². The molecule has 3 aromatic rings. The summed E-state index contributed by atoms with van der Waals surface area (Å²) in [5.74, 6) is 2.60. The second kappa shape index (κ2) is 14.4. The molecule has 3 rings (SSSR count). The monoisotopic (exact) mass is 534 g/mol. The van der Waals surface area contributed by atoms with Gasteiger partial charge in [0, 0.05) is 23.1 Å². The highest BCUT2D eigenvalue weighted by molar-refractivity contribution is 5.85. The van der Waals surface area contributed by atoms with Gasteiger partial charge in [0.15, 0.2) is 0 Å². The van der Waals surface area contributed by atoms with Gasteiger partial charge in [0.05, 0.1) is 12.3 Å². The summed E-state index contributed by atoms with van der Waals surface area (Å²) in [6.45, 7) is 20.3. The third-order valence-electron chi connectivity index (χ3n) is 5.85. The molecule has 1 heterocycles. The number of benzene rings is 2. The average Bonchev–Trinajstić information content (AvgIpc) is 3.14. The van der Waals surface area contributed by atoms with Crippen LogP contribution in [-0.2, 0) is 17.3 Å². The molecule has 0 saturated carbocycles. The molecule has 0 fully saturated rings. The maximum absolute atomic E-state index is 11.0. The van der Waals surface area contributed by atoms with Crippen LogP contribution in [-0.4, -0.2) is 35.8 Å². The lowest BCUT2D eigenvalue weighted by atomic mass is 9.78. The molecule has 0 radical (unpaired) electrons. The summed E-state index contributed by atoms with van der Waals surface area (Å²) in [7, 11) is 1.93. The predicted molar refractivity (Wildman–Crippen MR) is 157 cm³/mol. The lowest BCUT2D eigenvalue weighted by Crippen LogP contribution is -2.17. The third kappa shape index (κ3) is 9.69. The van der Waals surface area contributed by atoms with Crippen molar-refractivity contribution in [3.8, 4) is 23.0 Å². The van der Waals surface area contributed by atoms with E-state index in [9.17, 15) is 5.11 Å². The largest absolute Gasteiger partial charge is 0.507 e. The van der Waals surface area contributed by atoms with E-state index in [1.807, 2.05) is 50.4 Å². The highest BCUT2D eigenvalue weighted by Gasteiger charge is 2.28. The number of hydrogen-bond acceptors (Lipinski definition) is 5. The summed E-state index contributed by atoms with van der Waals surface area (Å²) in [5.41, 5.74) is 4.39. The highest BCUT2D eigenvalue weighted by atomic mass is 35.5. The molecular formula is C30H47ClN2O4. The summed E-state index contributed by atoms with van der Waals surface area (Å²) >= 11 is 0. The number of oxazole rings is 1. The molecule has 6 nitrogen and oxygen atoms in total. The van der Waals surface area contributed by atoms with Crippen LogP contribution in [0, 0.1) is 13.8 Å². The van der Waals surface area contributed by atoms with Crippen LogP contribution in [0.3, 0.4) is 0 Å². The van der Waals surface area contributed by atoms with E-state index in [0.29, 0.717) is 24.7 Å². The number of aromatic nitrogens is 1. The number of rotatable bonds is 6. The van der Waals surface area contributed by atoms with Gasteiger partial charge in [0.25, 0.3) is 0 Å². The van der Waals surface area contributed by atoms with Gasteiger partial charge < -0.3 is 25.1 Å². The quantitative estimate of drug-likeness (QED) is 0.366. The van der Waals surface area contributed by atoms with Gasteiger partial charge in [-0.25, -0.2) is 4.98 Å². The van der Waals surface area contributed by atoms with Crippen LogP contribution in [0.15, 0.2) is 40.8 Å². The Balaban J connectivity index is 0.00000201. The van der Waals surface area contributed by atoms with Gasteiger partial charge in [-0.1, -0.05) is 66.2 Å². The van der Waals surface area contributed by atoms with Gasteiger partial charge in [0.2, 0.25) is 5.89 Å². The van der Waals surface area contributed by atoms with Crippen molar-refractivity contribution in [1.29, 1.82) is 0 Å². The second-order valence-electron chi connectivity index (χ2n) is 11.1. The summed E-state index contributed by atoms with van der Waals surface area (Å²) in [6.07, 6.45) is 0.666. The lowest BCUT2D eigenvalue weighted by Gasteiger charge is -2.27. The number of phenols is 1. The first-order valence-corrected chi connectivity index (χ1v) is 12.5. The summed E-state index contributed by atoms with van der Waals surface area (Å²) in [5, 5.41) is 13.9. The molecular weight excluding hydrogens is 488 g/mol. The van der Waals surface area contributed by atoms with Crippen molar-refractivity contribution in [3.05, 3.63) is 64.5 Å². The van der Waals surface area contributed by atoms with Crippen molar-refractivity contribution in [1.82, 2.24) is 10.3 Å². The van der Waals surface area contributed by atoms with E-state index in [2.05, 4.69) is 60.7 Å². The van der Waals surface area contributed by atoms with Gasteiger partial charge in [0.1, 0.15) is 17.3 Å². The molecule has 37 heavy (non-hydrogen) atoms. The van der Waals surface area contributed by atoms with Crippen molar-refractivity contribution in [2.75, 3.05) is 20.2 Å². The zero-order valence-corrected chi connectivity index (χ0v) is 25.0. The molecule has 0 atom stereocenters. The van der Waals surface area contributed by atoms with Crippen LogP contribution >= 0.6 is 12.4 Å². The first-order valence-electron chi connectivity index (χ1n) is 12.5. The predicted octanol–water partition coefficient (Wildman–Crippen LogP) is 6.70. The minimum absolute atomic E-state index is 0. The number of aromatic hydroxyl groups is 1. The van der Waals surface area contributed by atoms with Crippen molar-refractivity contribution in [2.45, 2.75) is 79.6 Å². The summed E-state index contributed by atoms with van der Waals surface area (Å²) < 4.78 is 11.9. The molecule has 2 aromatic carbocycles. The van der Waals surface area contributed by atoms with Gasteiger partial charge in [-0.05, 0) is 62.5 Å². The number of aryl methyl sites for hydroxylation is 2. The Morgan fingerprint density at radius 3 is 1.86 bits per heavy atom. The maximum atomic E-state index is 11.0. The third-order valence-corrected chi connectivity index (χ3v) is 5.85. The van der Waals surface area contributed by atoms with E-state index in [-0.39, 0.29) is 28.7 Å². The van der Waals surface area contributed by atoms with E-state index >= 15 is 0 Å². The number of nitrogens with zero attached hydrogens (tertiary/aromatic N) is 1. The first kappa shape index (κ1) is 34.5. The number of nitrogens with one attached hydrogen (secondary N) is 1. The standard InChI is InChI=1S/C27H35NO3.C3H9N.ClH.H2O/c1-17-9-11-20(12-10-17)30-14-13-23-18(2)31-25(28-23)19-15-21(26(3,4)5)24(29)22(16-19)27(6,7)8;1-3-4-2;;/h9-12,15-16,29H,13-14H2,1-8H3;4H,3H2,1-2H3;1H;1H2. The smallest absolute Gasteiger partial charge is 0.226 e. The van der Waals surface area contributed by atoms with Crippen LogP contribution < -0.4 is 10.1 Å². The Bertz CT molecular complexity index is 1060. The number of hydrogen-bond donors (Lipinski definition) is 2. The van der Waals surface area contributed by atoms with Gasteiger partial charge in [-0.3, -0.25) is 0 Å². The molecule has 0 aliphatic rings. The second-order valence-corrected chi connectivity index (χ2v) is 11.1. The molecule has 1 aromatic heterocycles. The Kier molecular flexibility index (Phi) is 13.4. The molecule has 0 aliphatic heterocycles. The average molecular weight is 535 g/mol. The zero-order valence-electron chi connectivity index (χ0n) is 24.2. The van der Waals surface area contributed by atoms with Crippen molar-refractivity contribution in [3.63, 3.8) is 0 Å². The number of ether oxygens (including phenoxy) is 1. The Hall–Kier alpha value is -2.54. The van der Waals surface area contributed by atoms with E-state index in [0.717, 1.165) is 40.4 Å². The fourth-order valence-electron chi connectivity index (χ4n) is 3.58. The normalized spacial score (nSPS) is 11.1. The van der Waals surface area contributed by atoms with Crippen molar-refractivity contribution >= 4 is 12.4 Å². The van der Waals surface area contributed by atoms with Crippen LogP contribution in [0.4, 0.5) is 0 Å². The van der Waals surface area contributed by atoms with Crippen LogP contribution in [0.25, 0.3) is 11.5 Å². The number of halogens is 1. The van der Waals surface area contributed by atoms with E-state index in [1.54, 1.807) is 0 Å². The zero-order chi connectivity index (χ0) is 26.4. The lowest BCUT2D eigenvalue weighted by molar-refractivity contribution is 0.320. The van der Waals surface area contributed by atoms with Crippen LogP contribution in [0.5, 0.6) is 11.5 Å². The topological polar surface area (TPSA) is 99.0 Å². The minimum Gasteiger partial charge on any atom is -0.507 e. The molecule has 0 bridgehead atoms. The van der Waals surface area contributed by atoms with Crippen LogP contribution in [0.2, 0.25) is 0 Å². The van der Waals surface area contributed by atoms with E-state index in [1.165, 1.54) is 5.56 Å². The molecule has 0 aliphatic carbocycles. The van der Waals surface area contributed by atoms with Crippen molar-refractivity contribution in [2.24, 2.45) is 0 Å². The molecule has 4 N–H and O–H groups in total. The van der Waals surface area contributed by atoms with E-state index < -0.39 is 0 Å². The molecule has 208 valence electrons. The maximum Gasteiger partial charge on any atom is 0.226 e. The summed E-state index contributed by atoms with van der Waals surface area (Å²) in [4.78, 5) is 4.77. The molecule has 7 heteroatoms. The fourth-order valence-corrected chi connectivity index (χ4v) is 3.58. The first-order chi connectivity index (χ1) is 16.3. The van der Waals surface area contributed by atoms with Gasteiger partial charge in [-0.2, -0.15) is 0 Å². The van der Waals surface area contributed by atoms with E-state index in [4.69, 9.17) is 14.1 Å². The Morgan fingerprint density at radius 2 is 1.43 bits per heavy atom. The fraction of sp³-hybridized carbons (Fsp3) is 0.500. The Morgan fingerprint density at radius 1 is 0.946 bits per heavy atom. The minimum atomic E-state index is -0.202.